The van der Waals surface area contributed by atoms with Gasteiger partial charge in [0.15, 0.2) is 0 Å². The standard InChI is InChI=1S/C12H6BrNO2/c13-7-3-4-10-9(6-7)11(15)8-2-1-5-14-12(8)16-10/h1-6H. The molecule has 0 unspecified atom stereocenters. The largest absolute Gasteiger partial charge is 0.437 e. The third-order valence-electron chi connectivity index (χ3n) is 2.41. The fourth-order valence-electron chi connectivity index (χ4n) is 1.66. The molecule has 2 heterocycles. The van der Waals surface area contributed by atoms with E-state index < -0.39 is 0 Å². The first-order valence-corrected chi connectivity index (χ1v) is 5.52. The van der Waals surface area contributed by atoms with Gasteiger partial charge in [0.25, 0.3) is 0 Å². The van der Waals surface area contributed by atoms with Gasteiger partial charge in [-0.2, -0.15) is 0 Å². The minimum absolute atomic E-state index is 0.0503. The lowest BCUT2D eigenvalue weighted by Gasteiger charge is -2.00. The van der Waals surface area contributed by atoms with E-state index in [4.69, 9.17) is 4.42 Å². The molecule has 78 valence electrons. The highest BCUT2D eigenvalue weighted by molar-refractivity contribution is 9.10. The van der Waals surface area contributed by atoms with Gasteiger partial charge in [0, 0.05) is 10.7 Å². The Hall–Kier alpha value is -1.68. The summed E-state index contributed by atoms with van der Waals surface area (Å²) >= 11 is 3.33. The normalized spacial score (nSPS) is 11.1. The summed E-state index contributed by atoms with van der Waals surface area (Å²) in [4.78, 5) is 16.2. The molecule has 16 heavy (non-hydrogen) atoms. The number of rotatable bonds is 0. The summed E-state index contributed by atoms with van der Waals surface area (Å²) in [6.07, 6.45) is 1.61. The molecule has 0 fully saturated rings. The first-order chi connectivity index (χ1) is 7.75. The average Bonchev–Trinajstić information content (AvgIpc) is 2.31. The van der Waals surface area contributed by atoms with Crippen LogP contribution in [0.4, 0.5) is 0 Å². The number of hydrogen-bond acceptors (Lipinski definition) is 3. The Morgan fingerprint density at radius 1 is 1.19 bits per heavy atom. The first kappa shape index (κ1) is 9.54. The van der Waals surface area contributed by atoms with Gasteiger partial charge in [-0.05, 0) is 30.3 Å². The van der Waals surface area contributed by atoms with Crippen molar-refractivity contribution in [2.45, 2.75) is 0 Å². The molecule has 0 radical (unpaired) electrons. The average molecular weight is 276 g/mol. The van der Waals surface area contributed by atoms with Gasteiger partial charge < -0.3 is 4.42 Å². The summed E-state index contributed by atoms with van der Waals surface area (Å²) < 4.78 is 6.41. The molecule has 3 nitrogen and oxygen atoms in total. The highest BCUT2D eigenvalue weighted by Crippen LogP contribution is 2.20. The predicted molar refractivity (Wildman–Crippen MR) is 65.5 cm³/mol. The minimum Gasteiger partial charge on any atom is -0.437 e. The van der Waals surface area contributed by atoms with E-state index in [1.807, 2.05) is 6.07 Å². The van der Waals surface area contributed by atoms with Crippen molar-refractivity contribution >= 4 is 38.0 Å². The van der Waals surface area contributed by atoms with Gasteiger partial charge in [0.1, 0.15) is 5.58 Å². The monoisotopic (exact) mass is 275 g/mol. The van der Waals surface area contributed by atoms with E-state index in [9.17, 15) is 4.79 Å². The number of halogens is 1. The number of nitrogens with zero attached hydrogens (tertiary/aromatic N) is 1. The van der Waals surface area contributed by atoms with Crippen molar-refractivity contribution in [3.05, 3.63) is 51.2 Å². The molecule has 0 N–H and O–H groups in total. The summed E-state index contributed by atoms with van der Waals surface area (Å²) in [5.41, 5.74) is 0.882. The molecule has 0 aliphatic heterocycles. The fourth-order valence-corrected chi connectivity index (χ4v) is 2.02. The molecule has 3 rings (SSSR count). The smallest absolute Gasteiger partial charge is 0.230 e. The van der Waals surface area contributed by atoms with Crippen molar-refractivity contribution in [2.75, 3.05) is 0 Å². The summed E-state index contributed by atoms with van der Waals surface area (Å²) in [5.74, 6) is 0. The van der Waals surface area contributed by atoms with Crippen molar-refractivity contribution in [3.63, 3.8) is 0 Å². The highest BCUT2D eigenvalue weighted by atomic mass is 79.9. The first-order valence-electron chi connectivity index (χ1n) is 4.73. The zero-order chi connectivity index (χ0) is 11.1. The van der Waals surface area contributed by atoms with Gasteiger partial charge in [-0.25, -0.2) is 4.98 Å². The minimum atomic E-state index is -0.0503. The number of aromatic nitrogens is 1. The lowest BCUT2D eigenvalue weighted by molar-refractivity contribution is 0.645. The molecule has 0 atom stereocenters. The van der Waals surface area contributed by atoms with Crippen LogP contribution in [0, 0.1) is 0 Å². The van der Waals surface area contributed by atoms with Crippen molar-refractivity contribution in [3.8, 4) is 0 Å². The highest BCUT2D eigenvalue weighted by Gasteiger charge is 2.07. The second-order valence-corrected chi connectivity index (χ2v) is 4.34. The van der Waals surface area contributed by atoms with Crippen LogP contribution in [0.3, 0.4) is 0 Å². The van der Waals surface area contributed by atoms with Gasteiger partial charge >= 0.3 is 0 Å². The Kier molecular flexibility index (Phi) is 2.04. The van der Waals surface area contributed by atoms with E-state index in [1.54, 1.807) is 30.5 Å². The number of fused-ring (bicyclic) bond motifs is 2. The maximum Gasteiger partial charge on any atom is 0.230 e. The Morgan fingerprint density at radius 3 is 2.94 bits per heavy atom. The van der Waals surface area contributed by atoms with Crippen LogP contribution in [0.25, 0.3) is 22.1 Å². The van der Waals surface area contributed by atoms with Gasteiger partial charge in [-0.15, -0.1) is 0 Å². The van der Waals surface area contributed by atoms with E-state index in [0.717, 1.165) is 4.47 Å². The van der Waals surface area contributed by atoms with E-state index >= 15 is 0 Å². The van der Waals surface area contributed by atoms with Crippen LogP contribution in [-0.4, -0.2) is 4.98 Å². The fraction of sp³-hybridized carbons (Fsp3) is 0. The summed E-state index contributed by atoms with van der Waals surface area (Å²) in [6.45, 7) is 0. The van der Waals surface area contributed by atoms with Crippen LogP contribution < -0.4 is 5.43 Å². The molecule has 0 bridgehead atoms. The summed E-state index contributed by atoms with van der Waals surface area (Å²) in [6, 6.07) is 8.79. The maximum absolute atomic E-state index is 12.1. The van der Waals surface area contributed by atoms with Gasteiger partial charge in [0.05, 0.1) is 10.8 Å². The molecular weight excluding hydrogens is 270 g/mol. The van der Waals surface area contributed by atoms with E-state index in [1.165, 1.54) is 0 Å². The summed E-state index contributed by atoms with van der Waals surface area (Å²) in [7, 11) is 0. The zero-order valence-electron chi connectivity index (χ0n) is 8.11. The Morgan fingerprint density at radius 2 is 2.06 bits per heavy atom. The van der Waals surface area contributed by atoms with E-state index in [2.05, 4.69) is 20.9 Å². The number of hydrogen-bond donors (Lipinski definition) is 0. The van der Waals surface area contributed by atoms with Crippen LogP contribution in [0.1, 0.15) is 0 Å². The lowest BCUT2D eigenvalue weighted by Crippen LogP contribution is -2.02. The Bertz CT molecular complexity index is 749. The molecule has 2 aromatic heterocycles. The molecule has 4 heteroatoms. The van der Waals surface area contributed by atoms with Gasteiger partial charge in [-0.3, -0.25) is 4.79 Å². The number of benzene rings is 1. The SMILES string of the molecule is O=c1c2cc(Br)ccc2oc2ncccc12. The molecule has 0 amide bonds. The lowest BCUT2D eigenvalue weighted by atomic mass is 10.2. The van der Waals surface area contributed by atoms with Gasteiger partial charge in [-0.1, -0.05) is 15.9 Å². The van der Waals surface area contributed by atoms with E-state index in [-0.39, 0.29) is 5.43 Å². The van der Waals surface area contributed by atoms with Gasteiger partial charge in [0.2, 0.25) is 11.1 Å². The van der Waals surface area contributed by atoms with Crippen LogP contribution >= 0.6 is 15.9 Å². The third-order valence-corrected chi connectivity index (χ3v) is 2.90. The van der Waals surface area contributed by atoms with Crippen molar-refractivity contribution < 1.29 is 4.42 Å². The molecule has 0 aliphatic rings. The number of pyridine rings is 1. The van der Waals surface area contributed by atoms with Crippen LogP contribution in [0.5, 0.6) is 0 Å². The van der Waals surface area contributed by atoms with Crippen LogP contribution in [0.15, 0.2) is 50.2 Å². The molecule has 0 saturated carbocycles. The van der Waals surface area contributed by atoms with Crippen LogP contribution in [-0.2, 0) is 0 Å². The van der Waals surface area contributed by atoms with E-state index in [0.29, 0.717) is 22.1 Å². The predicted octanol–water partition coefficient (Wildman–Crippen LogP) is 3.10. The maximum atomic E-state index is 12.1. The van der Waals surface area contributed by atoms with Crippen LogP contribution in [0.2, 0.25) is 0 Å². The third kappa shape index (κ3) is 1.34. The molecule has 1 aromatic carbocycles. The molecule has 0 spiro atoms. The van der Waals surface area contributed by atoms with Crippen molar-refractivity contribution in [1.82, 2.24) is 4.98 Å². The second kappa shape index (κ2) is 3.42. The second-order valence-electron chi connectivity index (χ2n) is 3.43. The van der Waals surface area contributed by atoms with Crippen molar-refractivity contribution in [2.24, 2.45) is 0 Å². The molecule has 3 aromatic rings. The summed E-state index contributed by atoms with van der Waals surface area (Å²) in [5, 5.41) is 1.07. The van der Waals surface area contributed by atoms with Crippen molar-refractivity contribution in [1.29, 1.82) is 0 Å². The molecular formula is C12H6BrNO2. The Labute approximate surface area is 98.8 Å². The quantitative estimate of drug-likeness (QED) is 0.592. The topological polar surface area (TPSA) is 43.1 Å². The molecule has 0 saturated heterocycles. The zero-order valence-corrected chi connectivity index (χ0v) is 9.69. The Balaban J connectivity index is 2.61. The molecule has 0 aliphatic carbocycles.